The number of nitrogen functional groups attached to an aromatic ring is 1. The van der Waals surface area contributed by atoms with Crippen molar-refractivity contribution in [2.75, 3.05) is 5.73 Å². The monoisotopic (exact) mass is 294 g/mol. The number of aryl methyl sites for hydroxylation is 1. The van der Waals surface area contributed by atoms with E-state index in [-0.39, 0.29) is 5.82 Å². The molecule has 0 unspecified atom stereocenters. The van der Waals surface area contributed by atoms with Gasteiger partial charge >= 0.3 is 0 Å². The van der Waals surface area contributed by atoms with Crippen molar-refractivity contribution in [2.45, 2.75) is 6.92 Å². The van der Waals surface area contributed by atoms with E-state index < -0.39 is 0 Å². The fraction of sp³-hybridized carbons (Fsp3) is 0.0588. The first kappa shape index (κ1) is 14.0. The summed E-state index contributed by atoms with van der Waals surface area (Å²) in [6.07, 6.45) is 3.26. The number of anilines is 1. The topological polar surface area (TPSA) is 56.2 Å². The highest BCUT2D eigenvalue weighted by Gasteiger charge is 2.05. The minimum absolute atomic E-state index is 0.287. The lowest BCUT2D eigenvalue weighted by atomic mass is 10.0. The molecule has 110 valence electrons. The number of nitrogens with two attached hydrogens (primary N) is 1. The maximum Gasteiger partial charge on any atom is 0.221 e. The molecule has 2 aromatic carbocycles. The third kappa shape index (κ3) is 2.88. The van der Waals surface area contributed by atoms with Gasteiger partial charge in [-0.05, 0) is 24.1 Å². The van der Waals surface area contributed by atoms with Crippen LogP contribution in [0.1, 0.15) is 11.3 Å². The van der Waals surface area contributed by atoms with Gasteiger partial charge in [-0.2, -0.15) is 5.10 Å². The molecule has 0 bridgehead atoms. The molecule has 2 N–H and O–H groups in total. The SMILES string of the molecule is Cc1cn(N=Cc2ccc(-c3ccccc3)c(F)c2)c(N)n1. The number of imidazole rings is 1. The largest absolute Gasteiger partial charge is 0.368 e. The van der Waals surface area contributed by atoms with Crippen LogP contribution in [0.3, 0.4) is 0 Å². The molecule has 0 aliphatic rings. The predicted molar refractivity (Wildman–Crippen MR) is 86.2 cm³/mol. The van der Waals surface area contributed by atoms with Crippen molar-refractivity contribution in [2.24, 2.45) is 5.10 Å². The van der Waals surface area contributed by atoms with Crippen LogP contribution in [0.5, 0.6) is 0 Å². The Morgan fingerprint density at radius 2 is 1.95 bits per heavy atom. The van der Waals surface area contributed by atoms with Gasteiger partial charge in [0.25, 0.3) is 0 Å². The third-order valence-corrected chi connectivity index (χ3v) is 3.24. The number of rotatable bonds is 3. The summed E-state index contributed by atoms with van der Waals surface area (Å²) in [5.74, 6) is 0.0139. The normalized spacial score (nSPS) is 11.2. The average molecular weight is 294 g/mol. The summed E-state index contributed by atoms with van der Waals surface area (Å²) in [6, 6.07) is 14.4. The Morgan fingerprint density at radius 3 is 2.59 bits per heavy atom. The molecule has 0 saturated heterocycles. The van der Waals surface area contributed by atoms with Crippen LogP contribution in [0.25, 0.3) is 11.1 Å². The van der Waals surface area contributed by atoms with Crippen LogP contribution < -0.4 is 5.73 Å². The van der Waals surface area contributed by atoms with Gasteiger partial charge in [-0.1, -0.05) is 42.5 Å². The summed E-state index contributed by atoms with van der Waals surface area (Å²) in [4.78, 5) is 4.05. The highest BCUT2D eigenvalue weighted by Crippen LogP contribution is 2.22. The molecule has 0 aliphatic heterocycles. The van der Waals surface area contributed by atoms with Crippen LogP contribution in [0, 0.1) is 12.7 Å². The molecule has 0 radical (unpaired) electrons. The van der Waals surface area contributed by atoms with Crippen molar-refractivity contribution in [3.63, 3.8) is 0 Å². The average Bonchev–Trinajstić information content (AvgIpc) is 2.84. The summed E-state index contributed by atoms with van der Waals surface area (Å²) >= 11 is 0. The van der Waals surface area contributed by atoms with Gasteiger partial charge in [-0.3, -0.25) is 0 Å². The molecule has 4 nitrogen and oxygen atoms in total. The van der Waals surface area contributed by atoms with Crippen molar-refractivity contribution in [3.05, 3.63) is 71.8 Å². The van der Waals surface area contributed by atoms with E-state index in [4.69, 9.17) is 5.73 Å². The Bertz CT molecular complexity index is 822. The summed E-state index contributed by atoms with van der Waals surface area (Å²) in [6.45, 7) is 1.83. The molecule has 0 atom stereocenters. The number of hydrogen-bond donors (Lipinski definition) is 1. The summed E-state index contributed by atoms with van der Waals surface area (Å²) < 4.78 is 15.7. The lowest BCUT2D eigenvalue weighted by Gasteiger charge is -2.04. The van der Waals surface area contributed by atoms with Gasteiger partial charge in [-0.15, -0.1) is 0 Å². The summed E-state index contributed by atoms with van der Waals surface area (Å²) in [5, 5.41) is 4.18. The zero-order valence-electron chi connectivity index (χ0n) is 12.1. The molecular weight excluding hydrogens is 279 g/mol. The number of halogens is 1. The van der Waals surface area contributed by atoms with Gasteiger partial charge in [0.1, 0.15) is 5.82 Å². The second-order valence-electron chi connectivity index (χ2n) is 4.93. The van der Waals surface area contributed by atoms with Crippen LogP contribution in [0.4, 0.5) is 10.3 Å². The lowest BCUT2D eigenvalue weighted by Crippen LogP contribution is -1.97. The molecular formula is C17H15FN4. The summed E-state index contributed by atoms with van der Waals surface area (Å²) in [7, 11) is 0. The molecule has 0 fully saturated rings. The van der Waals surface area contributed by atoms with E-state index in [1.165, 1.54) is 10.7 Å². The maximum atomic E-state index is 14.2. The van der Waals surface area contributed by atoms with E-state index in [0.717, 1.165) is 11.3 Å². The van der Waals surface area contributed by atoms with Crippen molar-refractivity contribution in [1.29, 1.82) is 0 Å². The fourth-order valence-electron chi connectivity index (χ4n) is 2.19. The minimum Gasteiger partial charge on any atom is -0.368 e. The van der Waals surface area contributed by atoms with E-state index in [9.17, 15) is 4.39 Å². The van der Waals surface area contributed by atoms with Crippen LogP contribution >= 0.6 is 0 Å². The quantitative estimate of drug-likeness (QED) is 0.752. The van der Waals surface area contributed by atoms with Crippen LogP contribution in [-0.2, 0) is 0 Å². The molecule has 3 rings (SSSR count). The number of benzene rings is 2. The molecule has 1 aromatic heterocycles. The van der Waals surface area contributed by atoms with Crippen LogP contribution in [-0.4, -0.2) is 15.9 Å². The zero-order valence-corrected chi connectivity index (χ0v) is 12.1. The second-order valence-corrected chi connectivity index (χ2v) is 4.93. The van der Waals surface area contributed by atoms with Crippen molar-refractivity contribution < 1.29 is 4.39 Å². The van der Waals surface area contributed by atoms with Crippen LogP contribution in [0.15, 0.2) is 59.8 Å². The van der Waals surface area contributed by atoms with E-state index in [1.54, 1.807) is 18.5 Å². The molecule has 0 aliphatic carbocycles. The Hall–Kier alpha value is -2.95. The van der Waals surface area contributed by atoms with E-state index in [0.29, 0.717) is 17.1 Å². The van der Waals surface area contributed by atoms with Gasteiger partial charge < -0.3 is 5.73 Å². The van der Waals surface area contributed by atoms with Crippen molar-refractivity contribution in [3.8, 4) is 11.1 Å². The predicted octanol–water partition coefficient (Wildman–Crippen LogP) is 3.46. The van der Waals surface area contributed by atoms with Gasteiger partial charge in [0, 0.05) is 5.56 Å². The third-order valence-electron chi connectivity index (χ3n) is 3.24. The van der Waals surface area contributed by atoms with E-state index >= 15 is 0 Å². The van der Waals surface area contributed by atoms with E-state index in [2.05, 4.69) is 10.1 Å². The number of hydrogen-bond acceptors (Lipinski definition) is 3. The molecule has 0 spiro atoms. The van der Waals surface area contributed by atoms with E-state index in [1.807, 2.05) is 43.3 Å². The maximum absolute atomic E-state index is 14.2. The number of nitrogens with zero attached hydrogens (tertiary/aromatic N) is 3. The molecule has 3 aromatic rings. The molecule has 1 heterocycles. The fourth-order valence-corrected chi connectivity index (χ4v) is 2.19. The first-order chi connectivity index (χ1) is 10.6. The Morgan fingerprint density at radius 1 is 1.18 bits per heavy atom. The highest BCUT2D eigenvalue weighted by molar-refractivity contribution is 5.81. The van der Waals surface area contributed by atoms with Gasteiger partial charge in [0.05, 0.1) is 18.1 Å². The summed E-state index contributed by atoms with van der Waals surface area (Å²) in [5.41, 5.74) is 8.54. The van der Waals surface area contributed by atoms with Gasteiger partial charge in [0.2, 0.25) is 5.95 Å². The van der Waals surface area contributed by atoms with Gasteiger partial charge in [-0.25, -0.2) is 14.1 Å². The number of aromatic nitrogens is 2. The zero-order chi connectivity index (χ0) is 15.5. The highest BCUT2D eigenvalue weighted by atomic mass is 19.1. The lowest BCUT2D eigenvalue weighted by molar-refractivity contribution is 0.631. The molecule has 0 amide bonds. The van der Waals surface area contributed by atoms with Gasteiger partial charge in [0.15, 0.2) is 0 Å². The Labute approximate surface area is 127 Å². The Kier molecular flexibility index (Phi) is 3.70. The standard InChI is InChI=1S/C17H15FN4/c1-12-11-22(17(19)21-12)20-10-13-7-8-15(16(18)9-13)14-5-3-2-4-6-14/h2-11H,1H3,(H2,19,21). The van der Waals surface area contributed by atoms with Crippen molar-refractivity contribution in [1.82, 2.24) is 9.66 Å². The first-order valence-corrected chi connectivity index (χ1v) is 6.84. The smallest absolute Gasteiger partial charge is 0.221 e. The molecule has 5 heteroatoms. The Balaban J connectivity index is 1.88. The first-order valence-electron chi connectivity index (χ1n) is 6.84. The molecule has 22 heavy (non-hydrogen) atoms. The van der Waals surface area contributed by atoms with Crippen LogP contribution in [0.2, 0.25) is 0 Å². The minimum atomic E-state index is -0.287. The van der Waals surface area contributed by atoms with Crippen molar-refractivity contribution >= 4 is 12.2 Å². The second kappa shape index (κ2) is 5.81. The molecule has 0 saturated carbocycles.